The van der Waals surface area contributed by atoms with Crippen molar-refractivity contribution in [2.24, 2.45) is 0 Å². The molecule has 2 N–H and O–H groups in total. The standard InChI is InChI=1S/C22H20FN5O2/c1-13-21(29)27(2)18-10-14(15-8-9-25-20(24)11-15)6-7-17(18)22(30)28(13)12-16-4-3-5-19(23)26-16/h3-11,13H,12H2,1-2H3,(H2,24,25)/t13-/m1/s1. The third-order valence-electron chi connectivity index (χ3n) is 5.23. The number of hydrogen-bond acceptors (Lipinski definition) is 5. The maximum Gasteiger partial charge on any atom is 0.257 e. The molecule has 3 aromatic rings. The summed E-state index contributed by atoms with van der Waals surface area (Å²) in [7, 11) is 1.64. The Hall–Kier alpha value is -3.81. The van der Waals surface area contributed by atoms with Crippen molar-refractivity contribution in [1.82, 2.24) is 14.9 Å². The number of hydrogen-bond donors (Lipinski definition) is 1. The van der Waals surface area contributed by atoms with Crippen molar-refractivity contribution in [3.05, 3.63) is 71.9 Å². The van der Waals surface area contributed by atoms with Gasteiger partial charge in [0.2, 0.25) is 11.9 Å². The van der Waals surface area contributed by atoms with E-state index in [0.29, 0.717) is 22.8 Å². The molecule has 4 rings (SSSR count). The van der Waals surface area contributed by atoms with Crippen molar-refractivity contribution in [3.8, 4) is 11.1 Å². The van der Waals surface area contributed by atoms with Crippen LogP contribution in [0.25, 0.3) is 11.1 Å². The van der Waals surface area contributed by atoms with Gasteiger partial charge < -0.3 is 15.5 Å². The number of nitrogen functional groups attached to an aromatic ring is 1. The molecular weight excluding hydrogens is 385 g/mol. The molecule has 0 aliphatic carbocycles. The molecule has 30 heavy (non-hydrogen) atoms. The van der Waals surface area contributed by atoms with Gasteiger partial charge >= 0.3 is 0 Å². The SMILES string of the molecule is C[C@@H]1C(=O)N(C)c2cc(-c3ccnc(N)c3)ccc2C(=O)N1Cc1cccc(F)n1. The lowest BCUT2D eigenvalue weighted by atomic mass is 10.0. The van der Waals surface area contributed by atoms with Crippen LogP contribution in [0.4, 0.5) is 15.9 Å². The topological polar surface area (TPSA) is 92.4 Å². The predicted molar refractivity (Wildman–Crippen MR) is 111 cm³/mol. The molecule has 152 valence electrons. The van der Waals surface area contributed by atoms with Gasteiger partial charge in [-0.15, -0.1) is 0 Å². The number of amides is 2. The van der Waals surface area contributed by atoms with E-state index in [2.05, 4.69) is 9.97 Å². The fourth-order valence-electron chi connectivity index (χ4n) is 3.58. The fraction of sp³-hybridized carbons (Fsp3) is 0.182. The number of carbonyl (C=O) groups excluding carboxylic acids is 2. The van der Waals surface area contributed by atoms with Crippen molar-refractivity contribution < 1.29 is 14.0 Å². The van der Waals surface area contributed by atoms with Crippen LogP contribution in [0.2, 0.25) is 0 Å². The Morgan fingerprint density at radius 1 is 1.10 bits per heavy atom. The number of nitrogens with two attached hydrogens (primary N) is 1. The van der Waals surface area contributed by atoms with E-state index in [1.807, 2.05) is 6.07 Å². The molecule has 1 aliphatic heterocycles. The van der Waals surface area contributed by atoms with Gasteiger partial charge in [0.15, 0.2) is 0 Å². The smallest absolute Gasteiger partial charge is 0.257 e. The highest BCUT2D eigenvalue weighted by Crippen LogP contribution is 2.32. The normalized spacial score (nSPS) is 16.4. The predicted octanol–water partition coefficient (Wildman–Crippen LogP) is 2.87. The quantitative estimate of drug-likeness (QED) is 0.677. The Labute approximate surface area is 173 Å². The molecule has 1 aromatic carbocycles. The highest BCUT2D eigenvalue weighted by Gasteiger charge is 2.36. The van der Waals surface area contributed by atoms with E-state index in [1.54, 1.807) is 50.5 Å². The van der Waals surface area contributed by atoms with Crippen LogP contribution >= 0.6 is 0 Å². The molecule has 0 spiro atoms. The van der Waals surface area contributed by atoms with Crippen LogP contribution in [0.15, 0.2) is 54.7 Å². The highest BCUT2D eigenvalue weighted by atomic mass is 19.1. The van der Waals surface area contributed by atoms with Gasteiger partial charge in [-0.3, -0.25) is 9.59 Å². The molecule has 1 atom stereocenters. The molecular formula is C22H20FN5O2. The van der Waals surface area contributed by atoms with E-state index < -0.39 is 12.0 Å². The van der Waals surface area contributed by atoms with Crippen molar-refractivity contribution in [2.45, 2.75) is 19.5 Å². The maximum atomic E-state index is 13.5. The summed E-state index contributed by atoms with van der Waals surface area (Å²) in [5.74, 6) is -0.815. The number of anilines is 2. The summed E-state index contributed by atoms with van der Waals surface area (Å²) < 4.78 is 13.5. The lowest BCUT2D eigenvalue weighted by Crippen LogP contribution is -2.45. The summed E-state index contributed by atoms with van der Waals surface area (Å²) in [6.45, 7) is 1.69. The highest BCUT2D eigenvalue weighted by molar-refractivity contribution is 6.11. The Morgan fingerprint density at radius 3 is 2.60 bits per heavy atom. The molecule has 0 bridgehead atoms. The van der Waals surface area contributed by atoms with Crippen LogP contribution < -0.4 is 10.6 Å². The van der Waals surface area contributed by atoms with Gasteiger partial charge in [0.1, 0.15) is 11.9 Å². The van der Waals surface area contributed by atoms with E-state index in [4.69, 9.17) is 5.73 Å². The molecule has 7 nitrogen and oxygen atoms in total. The lowest BCUT2D eigenvalue weighted by molar-refractivity contribution is -0.122. The van der Waals surface area contributed by atoms with Crippen molar-refractivity contribution >= 4 is 23.3 Å². The molecule has 0 unspecified atom stereocenters. The molecule has 0 fully saturated rings. The second-order valence-corrected chi connectivity index (χ2v) is 7.16. The number of pyridine rings is 2. The first-order chi connectivity index (χ1) is 14.3. The van der Waals surface area contributed by atoms with Gasteiger partial charge in [-0.05, 0) is 54.4 Å². The summed E-state index contributed by atoms with van der Waals surface area (Å²) in [5, 5.41) is 0. The van der Waals surface area contributed by atoms with E-state index in [9.17, 15) is 14.0 Å². The van der Waals surface area contributed by atoms with Gasteiger partial charge in [-0.25, -0.2) is 9.97 Å². The van der Waals surface area contributed by atoms with Crippen molar-refractivity contribution in [3.63, 3.8) is 0 Å². The van der Waals surface area contributed by atoms with Crippen molar-refractivity contribution in [2.75, 3.05) is 17.7 Å². The summed E-state index contributed by atoms with van der Waals surface area (Å²) in [6.07, 6.45) is 1.60. The van der Waals surface area contributed by atoms with E-state index in [1.165, 1.54) is 21.9 Å². The van der Waals surface area contributed by atoms with E-state index >= 15 is 0 Å². The molecule has 2 aromatic heterocycles. The minimum Gasteiger partial charge on any atom is -0.384 e. The second-order valence-electron chi connectivity index (χ2n) is 7.16. The molecule has 0 saturated heterocycles. The zero-order chi connectivity index (χ0) is 21.4. The monoisotopic (exact) mass is 405 g/mol. The average molecular weight is 405 g/mol. The van der Waals surface area contributed by atoms with Crippen LogP contribution in [0.3, 0.4) is 0 Å². The first kappa shape index (κ1) is 19.5. The van der Waals surface area contributed by atoms with Gasteiger partial charge in [-0.2, -0.15) is 4.39 Å². The third kappa shape index (κ3) is 3.47. The number of halogens is 1. The van der Waals surface area contributed by atoms with Gasteiger partial charge in [-0.1, -0.05) is 12.1 Å². The van der Waals surface area contributed by atoms with E-state index in [0.717, 1.165) is 11.1 Å². The molecule has 0 radical (unpaired) electrons. The molecule has 3 heterocycles. The van der Waals surface area contributed by atoms with Crippen LogP contribution in [-0.4, -0.2) is 39.8 Å². The Kier molecular flexibility index (Phi) is 4.91. The summed E-state index contributed by atoms with van der Waals surface area (Å²) in [4.78, 5) is 37.1. The zero-order valence-corrected chi connectivity index (χ0v) is 16.5. The molecule has 2 amide bonds. The zero-order valence-electron chi connectivity index (χ0n) is 16.5. The van der Waals surface area contributed by atoms with Crippen LogP contribution in [-0.2, 0) is 11.3 Å². The van der Waals surface area contributed by atoms with Gasteiger partial charge in [0.05, 0.1) is 23.5 Å². The number of benzene rings is 1. The summed E-state index contributed by atoms with van der Waals surface area (Å²) >= 11 is 0. The average Bonchev–Trinajstić information content (AvgIpc) is 2.80. The number of rotatable bonds is 3. The lowest BCUT2D eigenvalue weighted by Gasteiger charge is -2.26. The minimum atomic E-state index is -0.736. The Balaban J connectivity index is 1.76. The molecule has 8 heteroatoms. The third-order valence-corrected chi connectivity index (χ3v) is 5.23. The molecule has 1 aliphatic rings. The fourth-order valence-corrected chi connectivity index (χ4v) is 3.58. The number of nitrogens with zero attached hydrogens (tertiary/aromatic N) is 4. The number of fused-ring (bicyclic) bond motifs is 1. The number of aromatic nitrogens is 2. The van der Waals surface area contributed by atoms with Crippen LogP contribution in [0, 0.1) is 5.95 Å². The number of carbonyl (C=O) groups is 2. The van der Waals surface area contributed by atoms with Crippen molar-refractivity contribution in [1.29, 1.82) is 0 Å². The first-order valence-electron chi connectivity index (χ1n) is 9.41. The van der Waals surface area contributed by atoms with Gasteiger partial charge in [0.25, 0.3) is 5.91 Å². The Morgan fingerprint density at radius 2 is 1.87 bits per heavy atom. The largest absolute Gasteiger partial charge is 0.384 e. The minimum absolute atomic E-state index is 0.0272. The summed E-state index contributed by atoms with van der Waals surface area (Å²) in [6, 6.07) is 12.5. The maximum absolute atomic E-state index is 13.5. The first-order valence-corrected chi connectivity index (χ1v) is 9.41. The van der Waals surface area contributed by atoms with Gasteiger partial charge in [0, 0.05) is 13.2 Å². The van der Waals surface area contributed by atoms with Crippen LogP contribution in [0.1, 0.15) is 23.0 Å². The summed E-state index contributed by atoms with van der Waals surface area (Å²) in [5.41, 5.74) is 8.68. The molecule has 0 saturated carbocycles. The second kappa shape index (κ2) is 7.55. The van der Waals surface area contributed by atoms with E-state index in [-0.39, 0.29) is 18.4 Å². The van der Waals surface area contributed by atoms with Crippen LogP contribution in [0.5, 0.6) is 0 Å². The number of likely N-dealkylation sites (N-methyl/N-ethyl adjacent to an activating group) is 1. The Bertz CT molecular complexity index is 1150.